The van der Waals surface area contributed by atoms with Crippen molar-refractivity contribution < 1.29 is 19.1 Å². The molecule has 2 aliphatic carbocycles. The molecule has 4 aromatic carbocycles. The maximum atomic E-state index is 11.9. The van der Waals surface area contributed by atoms with Crippen LogP contribution in [-0.4, -0.2) is 11.9 Å². The van der Waals surface area contributed by atoms with E-state index in [1.165, 1.54) is 39.1 Å². The molecule has 0 aromatic heterocycles. The van der Waals surface area contributed by atoms with Gasteiger partial charge in [-0.25, -0.2) is 9.59 Å². The first-order valence-corrected chi connectivity index (χ1v) is 14.0. The molecule has 4 aromatic rings. The van der Waals surface area contributed by atoms with Gasteiger partial charge >= 0.3 is 11.9 Å². The molecule has 0 bridgehead atoms. The van der Waals surface area contributed by atoms with Crippen LogP contribution in [0.2, 0.25) is 0 Å². The van der Waals surface area contributed by atoms with Crippen molar-refractivity contribution in [3.63, 3.8) is 0 Å². The van der Waals surface area contributed by atoms with Gasteiger partial charge in [0.05, 0.1) is 5.70 Å². The fraction of sp³-hybridized carbons (Fsp3) is 0.135. The van der Waals surface area contributed by atoms with Gasteiger partial charge in [0.2, 0.25) is 0 Å². The minimum atomic E-state index is -0.449. The highest BCUT2D eigenvalue weighted by Gasteiger charge is 2.27. The lowest BCUT2D eigenvalue weighted by Crippen LogP contribution is -2.19. The second-order valence-corrected chi connectivity index (χ2v) is 10.6. The molecule has 5 nitrogen and oxygen atoms in total. The number of ether oxygens (including phenoxy) is 2. The molecular weight excluding hydrogens is 522 g/mol. The van der Waals surface area contributed by atoms with E-state index >= 15 is 0 Å². The third-order valence-corrected chi connectivity index (χ3v) is 7.71. The van der Waals surface area contributed by atoms with Crippen LogP contribution in [0.25, 0.3) is 22.0 Å². The Hall–Kier alpha value is -5.16. The summed E-state index contributed by atoms with van der Waals surface area (Å²) in [5.41, 5.74) is 10.4. The number of carbonyl (C=O) groups is 2. The SMILES string of the molecule is C=CC(=O)OCc1ccc(N(C2=CCC3=CCc4cccc5ccc2c3c45)c2ccc(COC(=O)C(=C)C)cc2)cc1. The van der Waals surface area contributed by atoms with Gasteiger partial charge in [-0.05, 0) is 82.6 Å². The number of esters is 2. The van der Waals surface area contributed by atoms with Crippen molar-refractivity contribution in [2.24, 2.45) is 0 Å². The van der Waals surface area contributed by atoms with Crippen LogP contribution in [0, 0.1) is 0 Å². The van der Waals surface area contributed by atoms with E-state index in [9.17, 15) is 9.59 Å². The predicted octanol–water partition coefficient (Wildman–Crippen LogP) is 8.21. The zero-order valence-corrected chi connectivity index (χ0v) is 23.6. The highest BCUT2D eigenvalue weighted by atomic mass is 16.5. The Morgan fingerprint density at radius 1 is 0.833 bits per heavy atom. The van der Waals surface area contributed by atoms with E-state index in [0.29, 0.717) is 5.57 Å². The summed E-state index contributed by atoms with van der Waals surface area (Å²) in [7, 11) is 0. The molecule has 0 spiro atoms. The molecule has 0 saturated heterocycles. The summed E-state index contributed by atoms with van der Waals surface area (Å²) in [5, 5.41) is 2.60. The van der Waals surface area contributed by atoms with Gasteiger partial charge in [0, 0.05) is 28.6 Å². The molecule has 0 radical (unpaired) electrons. The summed E-state index contributed by atoms with van der Waals surface area (Å²) >= 11 is 0. The fourth-order valence-electron chi connectivity index (χ4n) is 5.62. The van der Waals surface area contributed by atoms with Crippen LogP contribution < -0.4 is 4.90 Å². The zero-order valence-electron chi connectivity index (χ0n) is 23.6. The molecule has 42 heavy (non-hydrogen) atoms. The first-order valence-electron chi connectivity index (χ1n) is 14.0. The van der Waals surface area contributed by atoms with Crippen molar-refractivity contribution in [2.75, 3.05) is 4.90 Å². The van der Waals surface area contributed by atoms with Gasteiger partial charge in [-0.15, -0.1) is 0 Å². The Morgan fingerprint density at radius 3 is 2.14 bits per heavy atom. The number of benzene rings is 4. The van der Waals surface area contributed by atoms with E-state index in [2.05, 4.69) is 60.5 Å². The molecule has 6 rings (SSSR count). The van der Waals surface area contributed by atoms with Crippen LogP contribution in [0.1, 0.15) is 41.2 Å². The second kappa shape index (κ2) is 11.4. The Balaban J connectivity index is 1.40. The summed E-state index contributed by atoms with van der Waals surface area (Å²) in [6.07, 6.45) is 7.62. The molecule has 0 N–H and O–H groups in total. The van der Waals surface area contributed by atoms with Gasteiger partial charge < -0.3 is 14.4 Å². The van der Waals surface area contributed by atoms with Crippen molar-refractivity contribution in [1.29, 1.82) is 0 Å². The quantitative estimate of drug-likeness (QED) is 0.154. The summed E-state index contributed by atoms with van der Waals surface area (Å²) in [5.74, 6) is -0.851. The van der Waals surface area contributed by atoms with Crippen molar-refractivity contribution in [1.82, 2.24) is 0 Å². The maximum absolute atomic E-state index is 11.9. The van der Waals surface area contributed by atoms with Crippen molar-refractivity contribution >= 4 is 45.4 Å². The topological polar surface area (TPSA) is 55.8 Å². The summed E-state index contributed by atoms with van der Waals surface area (Å²) in [4.78, 5) is 25.7. The highest BCUT2D eigenvalue weighted by Crippen LogP contribution is 2.46. The van der Waals surface area contributed by atoms with E-state index in [1.807, 2.05) is 48.5 Å². The van der Waals surface area contributed by atoms with Gasteiger partial charge in [0.25, 0.3) is 0 Å². The molecule has 0 fully saturated rings. The molecular formula is C37H31NO4. The van der Waals surface area contributed by atoms with Crippen molar-refractivity contribution in [3.05, 3.63) is 144 Å². The minimum absolute atomic E-state index is 0.178. The van der Waals surface area contributed by atoms with Crippen molar-refractivity contribution in [3.8, 4) is 0 Å². The van der Waals surface area contributed by atoms with Gasteiger partial charge in [-0.2, -0.15) is 0 Å². The number of nitrogens with zero attached hydrogens (tertiary/aromatic N) is 1. The predicted molar refractivity (Wildman–Crippen MR) is 168 cm³/mol. The number of carbonyl (C=O) groups excluding carboxylic acids is 2. The summed E-state index contributed by atoms with van der Waals surface area (Å²) in [6.45, 7) is 9.11. The first kappa shape index (κ1) is 27.0. The van der Waals surface area contributed by atoms with Gasteiger partial charge in [0.1, 0.15) is 13.2 Å². The maximum Gasteiger partial charge on any atom is 0.333 e. The highest BCUT2D eigenvalue weighted by molar-refractivity contribution is 6.06. The summed E-state index contributed by atoms with van der Waals surface area (Å²) in [6, 6.07) is 27.1. The lowest BCUT2D eigenvalue weighted by Gasteiger charge is -2.34. The Kier molecular flexibility index (Phi) is 7.32. The lowest BCUT2D eigenvalue weighted by molar-refractivity contribution is -0.140. The fourth-order valence-corrected chi connectivity index (χ4v) is 5.62. The van der Waals surface area contributed by atoms with Crippen LogP contribution in [0.4, 0.5) is 11.4 Å². The standard InChI is InChI=1S/C37H31NO4/c1-4-34(39)41-22-25-8-16-30(17-9-25)38(31-18-10-26(11-19-31)23-42-37(40)24(2)3)33-21-15-29-13-12-27-6-5-7-28-14-20-32(33)36(29)35(27)28/h4-11,13-14,16-21H,1-2,12,15,22-23H2,3H3. The van der Waals surface area contributed by atoms with Gasteiger partial charge in [-0.3, -0.25) is 0 Å². The molecule has 5 heteroatoms. The number of rotatable bonds is 9. The molecule has 208 valence electrons. The normalized spacial score (nSPS) is 13.1. The molecule has 2 aliphatic rings. The number of allylic oxidation sites excluding steroid dienone is 3. The molecule has 0 atom stereocenters. The Labute approximate surface area is 245 Å². The van der Waals surface area contributed by atoms with Gasteiger partial charge in [-0.1, -0.05) is 79.9 Å². The van der Waals surface area contributed by atoms with Crippen LogP contribution in [0.5, 0.6) is 0 Å². The number of hydrogen-bond acceptors (Lipinski definition) is 5. The molecule has 0 saturated carbocycles. The zero-order chi connectivity index (χ0) is 29.2. The second-order valence-electron chi connectivity index (χ2n) is 10.6. The van der Waals surface area contributed by atoms with Crippen LogP contribution in [-0.2, 0) is 38.7 Å². The largest absolute Gasteiger partial charge is 0.458 e. The third kappa shape index (κ3) is 5.17. The van der Waals surface area contributed by atoms with Gasteiger partial charge in [0.15, 0.2) is 0 Å². The van der Waals surface area contributed by atoms with Crippen LogP contribution >= 0.6 is 0 Å². The average Bonchev–Trinajstić information content (AvgIpc) is 3.03. The Morgan fingerprint density at radius 2 is 1.50 bits per heavy atom. The smallest absolute Gasteiger partial charge is 0.333 e. The van der Waals surface area contributed by atoms with E-state index in [-0.39, 0.29) is 13.2 Å². The van der Waals surface area contributed by atoms with E-state index in [0.717, 1.165) is 41.0 Å². The third-order valence-electron chi connectivity index (χ3n) is 7.71. The average molecular weight is 554 g/mol. The molecule has 0 amide bonds. The first-order chi connectivity index (χ1) is 20.4. The number of hydrogen-bond donors (Lipinski definition) is 0. The van der Waals surface area contributed by atoms with E-state index in [4.69, 9.17) is 9.47 Å². The van der Waals surface area contributed by atoms with E-state index in [1.54, 1.807) is 6.92 Å². The van der Waals surface area contributed by atoms with Crippen LogP contribution in [0.3, 0.4) is 0 Å². The molecule has 0 unspecified atom stereocenters. The molecule has 0 aliphatic heterocycles. The minimum Gasteiger partial charge on any atom is -0.458 e. The number of anilines is 2. The molecule has 0 heterocycles. The van der Waals surface area contributed by atoms with Crippen LogP contribution in [0.15, 0.2) is 116 Å². The lowest BCUT2D eigenvalue weighted by atomic mass is 9.80. The Bertz CT molecular complexity index is 1790. The van der Waals surface area contributed by atoms with Crippen molar-refractivity contribution in [2.45, 2.75) is 33.0 Å². The van der Waals surface area contributed by atoms with E-state index < -0.39 is 11.9 Å². The summed E-state index contributed by atoms with van der Waals surface area (Å²) < 4.78 is 10.6. The monoisotopic (exact) mass is 553 g/mol.